The zero-order valence-electron chi connectivity index (χ0n) is 33.6. The Hall–Kier alpha value is -4.91. The summed E-state index contributed by atoms with van der Waals surface area (Å²) in [5, 5.41) is 8.87. The van der Waals surface area contributed by atoms with E-state index in [-0.39, 0.29) is 29.6 Å². The minimum atomic E-state index is -4.42. The monoisotopic (exact) mass is 747 g/mol. The predicted octanol–water partition coefficient (Wildman–Crippen LogP) is 9.92. The third-order valence-electron chi connectivity index (χ3n) is 8.04. The Kier molecular flexibility index (Phi) is 22.0. The van der Waals surface area contributed by atoms with Crippen molar-refractivity contribution in [3.8, 4) is 11.8 Å². The topological polar surface area (TPSA) is 95.5 Å². The second-order valence-electron chi connectivity index (χ2n) is 13.2. The molecule has 1 saturated carbocycles. The summed E-state index contributed by atoms with van der Waals surface area (Å²) in [6.45, 7) is 17.0. The molecule has 1 aromatic heterocycles. The molecule has 2 amide bonds. The summed E-state index contributed by atoms with van der Waals surface area (Å²) in [5.41, 5.74) is 3.17. The van der Waals surface area contributed by atoms with Crippen LogP contribution < -0.4 is 16.0 Å². The first kappa shape index (κ1) is 47.1. The molecule has 2 aliphatic rings. The lowest BCUT2D eigenvalue weighted by atomic mass is 9.93. The van der Waals surface area contributed by atoms with Crippen LogP contribution >= 0.6 is 0 Å². The zero-order chi connectivity index (χ0) is 40.6. The number of pyridine rings is 1. The highest BCUT2D eigenvalue weighted by atomic mass is 19.4. The average molecular weight is 748 g/mol. The highest BCUT2D eigenvalue weighted by molar-refractivity contribution is 6.12. The van der Waals surface area contributed by atoms with Crippen LogP contribution in [0.5, 0.6) is 0 Å². The fraction of sp³-hybridized carbons (Fsp3) is 0.455. The molecule has 1 heterocycles. The Morgan fingerprint density at radius 3 is 2.28 bits per heavy atom. The Balaban J connectivity index is 0.000000469. The molecular weight excluding hydrogens is 688 g/mol. The van der Waals surface area contributed by atoms with Gasteiger partial charge in [0.15, 0.2) is 0 Å². The summed E-state index contributed by atoms with van der Waals surface area (Å²) in [6, 6.07) is 9.61. The number of allylic oxidation sites excluding steroid dienone is 5. The third kappa shape index (κ3) is 17.3. The molecule has 0 radical (unpaired) electrons. The van der Waals surface area contributed by atoms with Gasteiger partial charge in [-0.05, 0) is 91.3 Å². The predicted molar refractivity (Wildman–Crippen MR) is 217 cm³/mol. The molecule has 4 rings (SSSR count). The Morgan fingerprint density at radius 1 is 1.06 bits per heavy atom. The van der Waals surface area contributed by atoms with Gasteiger partial charge >= 0.3 is 6.18 Å². The fourth-order valence-corrected chi connectivity index (χ4v) is 4.60. The number of benzene rings is 1. The van der Waals surface area contributed by atoms with Crippen LogP contribution in [-0.4, -0.2) is 41.6 Å². The highest BCUT2D eigenvalue weighted by Gasteiger charge is 2.47. The maximum Gasteiger partial charge on any atom is 0.419 e. The van der Waals surface area contributed by atoms with Gasteiger partial charge in [0.2, 0.25) is 5.91 Å². The number of unbranched alkanes of at least 4 members (excludes halogenated alkanes) is 1. The Labute approximate surface area is 321 Å². The summed E-state index contributed by atoms with van der Waals surface area (Å²) in [4.78, 5) is 32.1. The first-order valence-electron chi connectivity index (χ1n) is 18.8. The molecule has 2 aliphatic carbocycles. The summed E-state index contributed by atoms with van der Waals surface area (Å²) in [7, 11) is 1.78. The number of hydrogen-bond donors (Lipinski definition) is 3. The van der Waals surface area contributed by atoms with Gasteiger partial charge in [-0.2, -0.15) is 13.2 Å². The fourth-order valence-electron chi connectivity index (χ4n) is 4.60. The van der Waals surface area contributed by atoms with E-state index in [1.165, 1.54) is 32.0 Å². The van der Waals surface area contributed by atoms with Crippen molar-refractivity contribution in [2.24, 2.45) is 10.9 Å². The van der Waals surface area contributed by atoms with Crippen LogP contribution in [-0.2, 0) is 17.5 Å². The molecule has 0 spiro atoms. The number of rotatable bonds is 10. The molecule has 2 aromatic rings. The lowest BCUT2D eigenvalue weighted by molar-refractivity contribution is -0.138. The van der Waals surface area contributed by atoms with E-state index in [4.69, 9.17) is 0 Å². The van der Waals surface area contributed by atoms with Crippen molar-refractivity contribution in [3.63, 3.8) is 0 Å². The number of carbonyl (C=O) groups is 2. The van der Waals surface area contributed by atoms with Crippen molar-refractivity contribution in [3.05, 3.63) is 113 Å². The molecule has 294 valence electrons. The van der Waals surface area contributed by atoms with E-state index >= 15 is 0 Å². The smallest absolute Gasteiger partial charge is 0.380 e. The van der Waals surface area contributed by atoms with Gasteiger partial charge in [-0.15, -0.1) is 0 Å². The van der Waals surface area contributed by atoms with Crippen LogP contribution in [0.15, 0.2) is 95.3 Å². The minimum Gasteiger partial charge on any atom is -0.380 e. The van der Waals surface area contributed by atoms with Crippen molar-refractivity contribution in [2.45, 2.75) is 112 Å². The molecule has 0 saturated heterocycles. The van der Waals surface area contributed by atoms with Gasteiger partial charge in [0.25, 0.3) is 5.91 Å². The molecule has 3 N–H and O–H groups in total. The first-order chi connectivity index (χ1) is 25.7. The van der Waals surface area contributed by atoms with Crippen LogP contribution in [0.3, 0.4) is 0 Å². The van der Waals surface area contributed by atoms with E-state index in [1.54, 1.807) is 19.3 Å². The number of nitrogens with one attached hydrogen (secondary N) is 3. The maximum atomic E-state index is 13.0. The summed E-state index contributed by atoms with van der Waals surface area (Å²) < 4.78 is 37.9. The molecule has 54 heavy (non-hydrogen) atoms. The molecule has 0 unspecified atom stereocenters. The van der Waals surface area contributed by atoms with Gasteiger partial charge in [-0.3, -0.25) is 14.6 Å². The molecule has 10 heteroatoms. The highest BCUT2D eigenvalue weighted by Crippen LogP contribution is 2.44. The van der Waals surface area contributed by atoms with E-state index < -0.39 is 11.7 Å². The van der Waals surface area contributed by atoms with E-state index in [0.717, 1.165) is 60.1 Å². The van der Waals surface area contributed by atoms with Crippen LogP contribution in [0.4, 0.5) is 13.2 Å². The zero-order valence-corrected chi connectivity index (χ0v) is 33.6. The first-order valence-corrected chi connectivity index (χ1v) is 18.8. The second kappa shape index (κ2) is 25.2. The van der Waals surface area contributed by atoms with Gasteiger partial charge in [0.05, 0.1) is 23.4 Å². The van der Waals surface area contributed by atoms with Gasteiger partial charge in [0, 0.05) is 32.3 Å². The number of alkyl halides is 3. The Morgan fingerprint density at radius 2 is 1.72 bits per heavy atom. The van der Waals surface area contributed by atoms with Crippen LogP contribution in [0.2, 0.25) is 0 Å². The number of nitrogens with zero attached hydrogens (tertiary/aromatic N) is 2. The van der Waals surface area contributed by atoms with Gasteiger partial charge in [-0.25, -0.2) is 4.98 Å². The van der Waals surface area contributed by atoms with Crippen molar-refractivity contribution in [1.82, 2.24) is 20.9 Å². The number of aromatic nitrogens is 1. The van der Waals surface area contributed by atoms with Crippen molar-refractivity contribution < 1.29 is 22.8 Å². The third-order valence-corrected chi connectivity index (χ3v) is 8.04. The lowest BCUT2D eigenvalue weighted by Crippen LogP contribution is -2.39. The summed E-state index contributed by atoms with van der Waals surface area (Å²) in [6.07, 6.45) is 15.2. The number of carbonyl (C=O) groups excluding carboxylic acids is 2. The minimum absolute atomic E-state index is 0.111. The summed E-state index contributed by atoms with van der Waals surface area (Å²) in [5.74, 6) is 5.71. The summed E-state index contributed by atoms with van der Waals surface area (Å²) >= 11 is 0. The van der Waals surface area contributed by atoms with Crippen molar-refractivity contribution >= 4 is 17.5 Å². The van der Waals surface area contributed by atoms with Crippen molar-refractivity contribution in [2.75, 3.05) is 13.6 Å². The normalized spacial score (nSPS) is 15.3. The van der Waals surface area contributed by atoms with E-state index in [1.807, 2.05) is 49.4 Å². The van der Waals surface area contributed by atoms with E-state index in [0.29, 0.717) is 12.1 Å². The van der Waals surface area contributed by atoms with Gasteiger partial charge in [0.1, 0.15) is 5.69 Å². The maximum absolute atomic E-state index is 13.0. The Bertz CT molecular complexity index is 1690. The van der Waals surface area contributed by atoms with Gasteiger partial charge < -0.3 is 16.0 Å². The van der Waals surface area contributed by atoms with E-state index in [9.17, 15) is 22.8 Å². The number of halogens is 3. The molecule has 0 atom stereocenters. The van der Waals surface area contributed by atoms with Crippen LogP contribution in [0.1, 0.15) is 121 Å². The molecular formula is C44H60F3N5O2. The van der Waals surface area contributed by atoms with Crippen LogP contribution in [0, 0.1) is 17.8 Å². The molecule has 0 aliphatic heterocycles. The molecule has 7 nitrogen and oxygen atoms in total. The quantitative estimate of drug-likeness (QED) is 0.167. The van der Waals surface area contributed by atoms with Gasteiger partial charge in [-0.1, -0.05) is 103 Å². The number of amides is 2. The molecule has 1 aromatic carbocycles. The standard InChI is InChI=1S/C22H25N3O2.C14H15F3N2.C5H12.C3H8/c1-4-16-13-18(9-10-20(16)23-3)22(11-12-22)25-21(27)19-8-6-5-7-17(19)14-24-15(2)26;1-2-3-4-9-18-10-6-8-13-12(14(15,16)17)7-5-11-19-13;1-4-5(2)3;1-3-2/h4-10,13H,11-12,14H2,1-3H3,(H,24,26)(H,25,27);4-5,7,9,11,18H,2-3,10H2,1H3;5H,4H2,1-3H3;3H2,1-2H3/b16-4-,23-20?;;;. The number of hydrogen-bond acceptors (Lipinski definition) is 5. The van der Waals surface area contributed by atoms with E-state index in [2.05, 4.69) is 85.4 Å². The molecule has 0 bridgehead atoms. The van der Waals surface area contributed by atoms with Crippen LogP contribution in [0.25, 0.3) is 0 Å². The number of aliphatic imine (C=N–C) groups is 1. The molecule has 1 fully saturated rings. The second-order valence-corrected chi connectivity index (χ2v) is 13.2. The average Bonchev–Trinajstić information content (AvgIpc) is 3.94. The lowest BCUT2D eigenvalue weighted by Gasteiger charge is -2.23. The largest absolute Gasteiger partial charge is 0.419 e. The SMILES string of the molecule is C/C=C1/C=C(C2(NC(=O)c3ccccc3CNC(C)=O)CC2)C=CC1=NC.CCC.CCC(C)C.CCCC=CNCC#Cc1ncccc1C(F)(F)F. The van der Waals surface area contributed by atoms with Crippen molar-refractivity contribution in [1.29, 1.82) is 0 Å².